The molecule has 2 aromatic heterocycles. The molecule has 0 unspecified atom stereocenters. The third-order valence-corrected chi connectivity index (χ3v) is 3.34. The predicted molar refractivity (Wildman–Crippen MR) is 77.5 cm³/mol. The lowest BCUT2D eigenvalue weighted by atomic mass is 10.2. The fourth-order valence-corrected chi connectivity index (χ4v) is 2.71. The molecule has 0 fully saturated rings. The van der Waals surface area contributed by atoms with Gasteiger partial charge in [0.05, 0.1) is 4.47 Å². The number of aryl methyl sites for hydroxylation is 2. The molecule has 0 saturated carbocycles. The molecule has 0 spiro atoms. The van der Waals surface area contributed by atoms with Crippen molar-refractivity contribution >= 4 is 32.7 Å². The number of benzene rings is 1. The summed E-state index contributed by atoms with van der Waals surface area (Å²) in [6.45, 7) is 1.97. The topological polar surface area (TPSA) is 55.9 Å². The van der Waals surface area contributed by atoms with Gasteiger partial charge in [-0.15, -0.1) is 0 Å². The molecule has 2 heterocycles. The SMILES string of the molecule is Cc1cc(N)cc2nc(-c3cc(Br)c[n+](C)c3)oc12. The predicted octanol–water partition coefficient (Wildman–Crippen LogP) is 2.97. The Bertz CT molecular complexity index is 759. The Balaban J connectivity index is 2.23. The van der Waals surface area contributed by atoms with Crippen LogP contribution in [0, 0.1) is 6.92 Å². The van der Waals surface area contributed by atoms with E-state index in [1.165, 1.54) is 0 Å². The van der Waals surface area contributed by atoms with Crippen LogP contribution in [0.15, 0.2) is 39.5 Å². The lowest BCUT2D eigenvalue weighted by molar-refractivity contribution is -0.671. The monoisotopic (exact) mass is 318 g/mol. The first-order chi connectivity index (χ1) is 9.02. The molecule has 0 aliphatic heterocycles. The van der Waals surface area contributed by atoms with Crippen LogP contribution in [-0.2, 0) is 7.05 Å². The number of nitrogens with zero attached hydrogens (tertiary/aromatic N) is 2. The van der Waals surface area contributed by atoms with Crippen LogP contribution in [0.3, 0.4) is 0 Å². The van der Waals surface area contributed by atoms with Crippen molar-refractivity contribution in [3.8, 4) is 11.5 Å². The molecular weight excluding hydrogens is 306 g/mol. The Morgan fingerprint density at radius 1 is 1.26 bits per heavy atom. The fraction of sp³-hybridized carbons (Fsp3) is 0.143. The van der Waals surface area contributed by atoms with Crippen LogP contribution in [-0.4, -0.2) is 4.98 Å². The summed E-state index contributed by atoms with van der Waals surface area (Å²) in [5.74, 6) is 0.598. The number of aromatic nitrogens is 2. The molecule has 0 amide bonds. The van der Waals surface area contributed by atoms with E-state index in [2.05, 4.69) is 20.9 Å². The molecule has 0 radical (unpaired) electrons. The summed E-state index contributed by atoms with van der Waals surface area (Å²) in [7, 11) is 1.96. The maximum absolute atomic E-state index is 5.85. The van der Waals surface area contributed by atoms with Crippen molar-refractivity contribution < 1.29 is 8.98 Å². The van der Waals surface area contributed by atoms with Crippen LogP contribution in [0.4, 0.5) is 5.69 Å². The van der Waals surface area contributed by atoms with E-state index >= 15 is 0 Å². The van der Waals surface area contributed by atoms with Gasteiger partial charge in [-0.2, -0.15) is 0 Å². The average Bonchev–Trinajstić information content (AvgIpc) is 2.71. The van der Waals surface area contributed by atoms with Crippen LogP contribution >= 0.6 is 15.9 Å². The van der Waals surface area contributed by atoms with Gasteiger partial charge in [-0.3, -0.25) is 0 Å². The second-order valence-corrected chi connectivity index (χ2v) is 5.53. The van der Waals surface area contributed by atoms with Crippen molar-refractivity contribution in [1.29, 1.82) is 0 Å². The van der Waals surface area contributed by atoms with E-state index in [0.717, 1.165) is 26.7 Å². The van der Waals surface area contributed by atoms with Gasteiger partial charge in [-0.25, -0.2) is 9.55 Å². The highest BCUT2D eigenvalue weighted by Gasteiger charge is 2.14. The van der Waals surface area contributed by atoms with Crippen molar-refractivity contribution in [1.82, 2.24) is 4.98 Å². The maximum atomic E-state index is 5.85. The minimum atomic E-state index is 0.598. The van der Waals surface area contributed by atoms with E-state index in [1.807, 2.05) is 49.1 Å². The molecule has 2 N–H and O–H groups in total. The summed E-state index contributed by atoms with van der Waals surface area (Å²) in [5, 5.41) is 0. The van der Waals surface area contributed by atoms with E-state index < -0.39 is 0 Å². The Morgan fingerprint density at radius 3 is 2.79 bits per heavy atom. The van der Waals surface area contributed by atoms with E-state index in [9.17, 15) is 0 Å². The van der Waals surface area contributed by atoms with Gasteiger partial charge in [0.25, 0.3) is 0 Å². The lowest BCUT2D eigenvalue weighted by Crippen LogP contribution is -2.26. The average molecular weight is 319 g/mol. The molecule has 4 nitrogen and oxygen atoms in total. The van der Waals surface area contributed by atoms with Crippen molar-refractivity contribution in [2.75, 3.05) is 5.73 Å². The highest BCUT2D eigenvalue weighted by molar-refractivity contribution is 9.10. The van der Waals surface area contributed by atoms with Gasteiger partial charge in [0.15, 0.2) is 18.0 Å². The first-order valence-electron chi connectivity index (χ1n) is 5.86. The highest BCUT2D eigenvalue weighted by Crippen LogP contribution is 2.28. The molecule has 3 rings (SSSR count). The largest absolute Gasteiger partial charge is 0.436 e. The molecule has 0 aliphatic carbocycles. The van der Waals surface area contributed by atoms with Crippen LogP contribution < -0.4 is 10.3 Å². The molecule has 0 bridgehead atoms. The zero-order valence-corrected chi connectivity index (χ0v) is 12.2. The molecule has 5 heteroatoms. The number of hydrogen-bond acceptors (Lipinski definition) is 3. The van der Waals surface area contributed by atoms with Gasteiger partial charge in [0.2, 0.25) is 5.89 Å². The molecule has 0 saturated heterocycles. The molecule has 19 heavy (non-hydrogen) atoms. The second kappa shape index (κ2) is 4.35. The zero-order valence-electron chi connectivity index (χ0n) is 10.6. The third kappa shape index (κ3) is 2.21. The molecule has 0 aliphatic rings. The molecule has 0 atom stereocenters. The standard InChI is InChI=1S/C14H13BrN3O/c1-8-3-11(16)5-12-13(8)19-14(17-12)9-4-10(15)7-18(2)6-9/h3-7H,16H2,1-2H3/q+1. The number of fused-ring (bicyclic) bond motifs is 1. The van der Waals surface area contributed by atoms with Gasteiger partial charge in [0.1, 0.15) is 18.1 Å². The number of pyridine rings is 1. The van der Waals surface area contributed by atoms with Gasteiger partial charge >= 0.3 is 0 Å². The van der Waals surface area contributed by atoms with E-state index in [4.69, 9.17) is 10.2 Å². The number of halogens is 1. The van der Waals surface area contributed by atoms with Gasteiger partial charge in [-0.05, 0) is 46.6 Å². The van der Waals surface area contributed by atoms with Crippen LogP contribution in [0.25, 0.3) is 22.6 Å². The third-order valence-electron chi connectivity index (χ3n) is 2.91. The molecule has 96 valence electrons. The number of hydrogen-bond donors (Lipinski definition) is 1. The van der Waals surface area contributed by atoms with Crippen LogP contribution in [0.2, 0.25) is 0 Å². The van der Waals surface area contributed by atoms with Crippen molar-refractivity contribution in [3.63, 3.8) is 0 Å². The summed E-state index contributed by atoms with van der Waals surface area (Å²) >= 11 is 3.47. The number of oxazole rings is 1. The zero-order chi connectivity index (χ0) is 13.6. The minimum Gasteiger partial charge on any atom is -0.436 e. The molecule has 3 aromatic rings. The van der Waals surface area contributed by atoms with Gasteiger partial charge in [-0.1, -0.05) is 0 Å². The molecular formula is C14H13BrN3O+. The quantitative estimate of drug-likeness (QED) is 0.554. The smallest absolute Gasteiger partial charge is 0.233 e. The van der Waals surface area contributed by atoms with Gasteiger partial charge < -0.3 is 10.2 Å². The minimum absolute atomic E-state index is 0.598. The van der Waals surface area contributed by atoms with E-state index in [0.29, 0.717) is 11.6 Å². The van der Waals surface area contributed by atoms with E-state index in [-0.39, 0.29) is 0 Å². The normalized spacial score (nSPS) is 11.1. The Morgan fingerprint density at radius 2 is 2.05 bits per heavy atom. The molecule has 1 aromatic carbocycles. The fourth-order valence-electron chi connectivity index (χ4n) is 2.14. The lowest BCUT2D eigenvalue weighted by Gasteiger charge is -1.95. The summed E-state index contributed by atoms with van der Waals surface area (Å²) in [5.41, 5.74) is 10.0. The first kappa shape index (κ1) is 12.2. The van der Waals surface area contributed by atoms with Crippen molar-refractivity contribution in [2.45, 2.75) is 6.92 Å². The highest BCUT2D eigenvalue weighted by atomic mass is 79.9. The Hall–Kier alpha value is -1.88. The number of nitrogens with two attached hydrogens (primary N) is 1. The summed E-state index contributed by atoms with van der Waals surface area (Å²) in [6.07, 6.45) is 3.93. The maximum Gasteiger partial charge on any atom is 0.233 e. The summed E-state index contributed by atoms with van der Waals surface area (Å²) < 4.78 is 8.78. The number of anilines is 1. The van der Waals surface area contributed by atoms with Crippen molar-refractivity contribution in [3.05, 3.63) is 40.6 Å². The summed E-state index contributed by atoms with van der Waals surface area (Å²) in [4.78, 5) is 4.51. The number of rotatable bonds is 1. The van der Waals surface area contributed by atoms with E-state index in [1.54, 1.807) is 0 Å². The van der Waals surface area contributed by atoms with Crippen molar-refractivity contribution in [2.24, 2.45) is 7.05 Å². The van der Waals surface area contributed by atoms with Gasteiger partial charge in [0, 0.05) is 5.69 Å². The summed E-state index contributed by atoms with van der Waals surface area (Å²) in [6, 6.07) is 5.69. The second-order valence-electron chi connectivity index (χ2n) is 4.61. The Kier molecular flexibility index (Phi) is 2.78. The first-order valence-corrected chi connectivity index (χ1v) is 6.65. The number of nitrogen functional groups attached to an aromatic ring is 1. The van der Waals surface area contributed by atoms with Crippen LogP contribution in [0.1, 0.15) is 5.56 Å². The Labute approximate surface area is 119 Å². The van der Waals surface area contributed by atoms with Crippen LogP contribution in [0.5, 0.6) is 0 Å².